The van der Waals surface area contributed by atoms with Gasteiger partial charge in [0.1, 0.15) is 5.75 Å². The van der Waals surface area contributed by atoms with Crippen molar-refractivity contribution in [2.24, 2.45) is 0 Å². The van der Waals surface area contributed by atoms with Crippen LogP contribution in [0.3, 0.4) is 0 Å². The Balaban J connectivity index is 2.07. The third kappa shape index (κ3) is 3.99. The van der Waals surface area contributed by atoms with Crippen molar-refractivity contribution in [2.45, 2.75) is 43.9 Å². The van der Waals surface area contributed by atoms with E-state index < -0.39 is 0 Å². The molecule has 0 spiro atoms. The number of alkyl halides is 1. The van der Waals surface area contributed by atoms with E-state index in [1.165, 1.54) is 48.4 Å². The lowest BCUT2D eigenvalue weighted by atomic mass is 10.0. The highest BCUT2D eigenvalue weighted by Gasteiger charge is 2.08. The van der Waals surface area contributed by atoms with Gasteiger partial charge in [0, 0.05) is 4.83 Å². The van der Waals surface area contributed by atoms with Crippen LogP contribution in [-0.2, 0) is 0 Å². The van der Waals surface area contributed by atoms with Crippen LogP contribution in [0.2, 0.25) is 0 Å². The van der Waals surface area contributed by atoms with Crippen LogP contribution >= 0.6 is 15.9 Å². The summed E-state index contributed by atoms with van der Waals surface area (Å²) in [5.74, 6) is 0.917. The smallest absolute Gasteiger partial charge is 0.119 e. The molecule has 1 nitrogen and oxygen atoms in total. The van der Waals surface area contributed by atoms with Gasteiger partial charge in [0.15, 0.2) is 0 Å². The first-order chi connectivity index (χ1) is 9.74. The average Bonchev–Trinajstić information content (AvgIpc) is 2.50. The number of halogens is 1. The molecule has 0 saturated heterocycles. The van der Waals surface area contributed by atoms with Gasteiger partial charge in [0.2, 0.25) is 0 Å². The maximum absolute atomic E-state index is 5.27. The molecule has 1 atom stereocenters. The third-order valence-corrected chi connectivity index (χ3v) is 4.73. The molecule has 20 heavy (non-hydrogen) atoms. The quantitative estimate of drug-likeness (QED) is 0.429. The van der Waals surface area contributed by atoms with Gasteiger partial charge in [-0.2, -0.15) is 0 Å². The number of ether oxygens (including phenoxy) is 1. The molecule has 0 amide bonds. The highest BCUT2D eigenvalue weighted by atomic mass is 79.9. The van der Waals surface area contributed by atoms with Crippen LogP contribution in [0.4, 0.5) is 0 Å². The number of hydrogen-bond acceptors (Lipinski definition) is 1. The van der Waals surface area contributed by atoms with Gasteiger partial charge in [-0.05, 0) is 34.9 Å². The van der Waals surface area contributed by atoms with Crippen LogP contribution in [0.25, 0.3) is 10.8 Å². The molecular weight excluding hydrogens is 312 g/mol. The first kappa shape index (κ1) is 15.4. The Morgan fingerprint density at radius 2 is 1.75 bits per heavy atom. The van der Waals surface area contributed by atoms with E-state index in [4.69, 9.17) is 4.74 Å². The zero-order valence-corrected chi connectivity index (χ0v) is 13.9. The summed E-state index contributed by atoms with van der Waals surface area (Å²) < 4.78 is 5.27. The van der Waals surface area contributed by atoms with Gasteiger partial charge < -0.3 is 4.74 Å². The van der Waals surface area contributed by atoms with E-state index in [9.17, 15) is 0 Å². The molecule has 1 unspecified atom stereocenters. The lowest BCUT2D eigenvalue weighted by Crippen LogP contribution is -1.91. The first-order valence-corrected chi connectivity index (χ1v) is 8.38. The maximum atomic E-state index is 5.27. The van der Waals surface area contributed by atoms with Crippen molar-refractivity contribution in [1.29, 1.82) is 0 Å². The van der Waals surface area contributed by atoms with Gasteiger partial charge >= 0.3 is 0 Å². The fourth-order valence-electron chi connectivity index (χ4n) is 2.48. The third-order valence-electron chi connectivity index (χ3n) is 3.74. The van der Waals surface area contributed by atoms with E-state index in [1.807, 2.05) is 6.07 Å². The van der Waals surface area contributed by atoms with Gasteiger partial charge in [-0.3, -0.25) is 0 Å². The number of rotatable bonds is 7. The number of methoxy groups -OCH3 is 1. The van der Waals surface area contributed by atoms with Crippen molar-refractivity contribution >= 4 is 26.7 Å². The largest absolute Gasteiger partial charge is 0.497 e. The molecule has 0 fully saturated rings. The van der Waals surface area contributed by atoms with Crippen LogP contribution in [-0.4, -0.2) is 7.11 Å². The highest BCUT2D eigenvalue weighted by molar-refractivity contribution is 9.09. The summed E-state index contributed by atoms with van der Waals surface area (Å²) in [6, 6.07) is 12.9. The molecule has 108 valence electrons. The average molecular weight is 335 g/mol. The zero-order valence-electron chi connectivity index (χ0n) is 12.4. The van der Waals surface area contributed by atoms with Crippen LogP contribution < -0.4 is 4.74 Å². The van der Waals surface area contributed by atoms with E-state index in [2.05, 4.69) is 53.2 Å². The minimum absolute atomic E-state index is 0.464. The Morgan fingerprint density at radius 3 is 2.50 bits per heavy atom. The van der Waals surface area contributed by atoms with Crippen molar-refractivity contribution in [3.05, 3.63) is 42.0 Å². The highest BCUT2D eigenvalue weighted by Crippen LogP contribution is 2.31. The molecule has 0 radical (unpaired) electrons. The van der Waals surface area contributed by atoms with Crippen LogP contribution in [0.5, 0.6) is 5.75 Å². The molecule has 0 aromatic heterocycles. The minimum Gasteiger partial charge on any atom is -0.497 e. The minimum atomic E-state index is 0.464. The van der Waals surface area contributed by atoms with E-state index in [0.29, 0.717) is 4.83 Å². The molecule has 2 rings (SSSR count). The van der Waals surface area contributed by atoms with Gasteiger partial charge in [-0.1, -0.05) is 72.8 Å². The Kier molecular flexibility index (Phi) is 5.90. The molecule has 0 N–H and O–H groups in total. The van der Waals surface area contributed by atoms with Crippen molar-refractivity contribution < 1.29 is 4.74 Å². The topological polar surface area (TPSA) is 9.23 Å². The fraction of sp³-hybridized carbons (Fsp3) is 0.444. The van der Waals surface area contributed by atoms with Gasteiger partial charge in [-0.25, -0.2) is 0 Å². The molecule has 0 aliphatic rings. The second-order valence-corrected chi connectivity index (χ2v) is 6.39. The second kappa shape index (κ2) is 7.68. The van der Waals surface area contributed by atoms with Crippen LogP contribution in [0.1, 0.15) is 49.4 Å². The number of benzene rings is 2. The van der Waals surface area contributed by atoms with Crippen molar-refractivity contribution in [3.8, 4) is 5.75 Å². The zero-order chi connectivity index (χ0) is 14.4. The predicted octanol–water partition coefficient (Wildman–Crippen LogP) is 6.25. The molecule has 0 bridgehead atoms. The second-order valence-electron chi connectivity index (χ2n) is 5.29. The van der Waals surface area contributed by atoms with Gasteiger partial charge in [0.05, 0.1) is 7.11 Å². The Hall–Kier alpha value is -1.02. The van der Waals surface area contributed by atoms with E-state index >= 15 is 0 Å². The number of hydrogen-bond donors (Lipinski definition) is 0. The molecule has 0 aliphatic carbocycles. The Bertz CT molecular complexity index is 550. The van der Waals surface area contributed by atoms with E-state index in [1.54, 1.807) is 7.11 Å². The molecule has 0 saturated carbocycles. The SMILES string of the molecule is CCCCCCC(Br)c1ccc2cc(OC)ccc2c1. The molecule has 0 heterocycles. The number of fused-ring (bicyclic) bond motifs is 1. The van der Waals surface area contributed by atoms with E-state index in [-0.39, 0.29) is 0 Å². The molecule has 0 aliphatic heterocycles. The molecular formula is C18H23BrO. The normalized spacial score (nSPS) is 12.6. The monoisotopic (exact) mass is 334 g/mol. The summed E-state index contributed by atoms with van der Waals surface area (Å²) in [4.78, 5) is 0.464. The number of unbranched alkanes of at least 4 members (excludes halogenated alkanes) is 3. The predicted molar refractivity (Wildman–Crippen MR) is 90.9 cm³/mol. The van der Waals surface area contributed by atoms with E-state index in [0.717, 1.165) is 5.75 Å². The van der Waals surface area contributed by atoms with Crippen molar-refractivity contribution in [1.82, 2.24) is 0 Å². The maximum Gasteiger partial charge on any atom is 0.119 e. The molecule has 2 heteroatoms. The Morgan fingerprint density at radius 1 is 1.00 bits per heavy atom. The molecule has 2 aromatic carbocycles. The lowest BCUT2D eigenvalue weighted by molar-refractivity contribution is 0.415. The first-order valence-electron chi connectivity index (χ1n) is 7.46. The van der Waals surface area contributed by atoms with Crippen LogP contribution in [0, 0.1) is 0 Å². The lowest BCUT2D eigenvalue weighted by Gasteiger charge is -2.11. The molecule has 2 aromatic rings. The summed E-state index contributed by atoms with van der Waals surface area (Å²) in [5, 5.41) is 2.51. The fourth-order valence-corrected chi connectivity index (χ4v) is 3.09. The van der Waals surface area contributed by atoms with Crippen LogP contribution in [0.15, 0.2) is 36.4 Å². The summed E-state index contributed by atoms with van der Waals surface area (Å²) in [6.07, 6.45) is 6.48. The summed E-state index contributed by atoms with van der Waals surface area (Å²) in [7, 11) is 1.71. The summed E-state index contributed by atoms with van der Waals surface area (Å²) in [5.41, 5.74) is 1.37. The van der Waals surface area contributed by atoms with Gasteiger partial charge in [0.25, 0.3) is 0 Å². The summed E-state index contributed by atoms with van der Waals surface area (Å²) in [6.45, 7) is 2.25. The van der Waals surface area contributed by atoms with Gasteiger partial charge in [-0.15, -0.1) is 0 Å². The Labute approximate surface area is 130 Å². The van der Waals surface area contributed by atoms with Crippen molar-refractivity contribution in [2.75, 3.05) is 7.11 Å². The standard InChI is InChI=1S/C18H23BrO/c1-3-4-5-6-7-18(19)16-9-8-15-13-17(20-2)11-10-14(15)12-16/h8-13,18H,3-7H2,1-2H3. The summed E-state index contributed by atoms with van der Waals surface area (Å²) >= 11 is 3.83. The van der Waals surface area contributed by atoms with Crippen molar-refractivity contribution in [3.63, 3.8) is 0 Å².